The molecule has 6 heteroatoms. The standard InChI is InChI=1S/C29H34ClN3OS/c1-33(2)27(22-7-4-3-5-8-22)23-12-10-21(11-13-23)18-20-31-28(34)26-9-6-19-32-29(26)35-25-16-14-24(30)15-17-25/h3-9,14-17,19,21,23,27H,10-13,18,20H2,1-2H3,(H,31,34). The number of hydrogen-bond acceptors (Lipinski definition) is 4. The summed E-state index contributed by atoms with van der Waals surface area (Å²) < 4.78 is 0. The smallest absolute Gasteiger partial charge is 0.254 e. The molecule has 0 aliphatic heterocycles. The zero-order chi connectivity index (χ0) is 24.6. The first-order valence-electron chi connectivity index (χ1n) is 12.4. The summed E-state index contributed by atoms with van der Waals surface area (Å²) in [6.07, 6.45) is 7.67. The number of amides is 1. The minimum Gasteiger partial charge on any atom is -0.352 e. The van der Waals surface area contributed by atoms with Gasteiger partial charge in [0.2, 0.25) is 0 Å². The Kier molecular flexibility index (Phi) is 9.25. The molecular formula is C29H34ClN3OS. The Bertz CT molecular complexity index is 1080. The predicted octanol–water partition coefficient (Wildman–Crippen LogP) is 7.12. The van der Waals surface area contributed by atoms with Crippen LogP contribution in [0.2, 0.25) is 5.02 Å². The highest BCUT2D eigenvalue weighted by molar-refractivity contribution is 7.99. The van der Waals surface area contributed by atoms with Gasteiger partial charge in [0, 0.05) is 28.7 Å². The number of benzene rings is 2. The van der Waals surface area contributed by atoms with E-state index in [1.165, 1.54) is 43.0 Å². The maximum absolute atomic E-state index is 12.9. The lowest BCUT2D eigenvalue weighted by Gasteiger charge is -2.37. The van der Waals surface area contributed by atoms with Crippen molar-refractivity contribution in [2.45, 2.75) is 48.1 Å². The number of carbonyl (C=O) groups is 1. The lowest BCUT2D eigenvalue weighted by molar-refractivity contribution is 0.0943. The Morgan fingerprint density at radius 2 is 1.74 bits per heavy atom. The topological polar surface area (TPSA) is 45.2 Å². The Morgan fingerprint density at radius 3 is 2.43 bits per heavy atom. The Morgan fingerprint density at radius 1 is 1.03 bits per heavy atom. The van der Waals surface area contributed by atoms with E-state index in [9.17, 15) is 4.79 Å². The average Bonchev–Trinajstić information content (AvgIpc) is 2.87. The van der Waals surface area contributed by atoms with Gasteiger partial charge in [-0.3, -0.25) is 4.79 Å². The van der Waals surface area contributed by atoms with Gasteiger partial charge in [0.25, 0.3) is 5.91 Å². The molecule has 0 spiro atoms. The number of halogens is 1. The minimum atomic E-state index is -0.0556. The molecule has 2 aromatic carbocycles. The van der Waals surface area contributed by atoms with Crippen molar-refractivity contribution in [2.75, 3.05) is 20.6 Å². The van der Waals surface area contributed by atoms with Gasteiger partial charge in [-0.15, -0.1) is 0 Å². The van der Waals surface area contributed by atoms with E-state index in [1.807, 2.05) is 36.4 Å². The van der Waals surface area contributed by atoms with Crippen LogP contribution < -0.4 is 5.32 Å². The molecule has 1 aliphatic rings. The van der Waals surface area contributed by atoms with Crippen LogP contribution in [0.4, 0.5) is 0 Å². The van der Waals surface area contributed by atoms with Crippen LogP contribution in [0.25, 0.3) is 0 Å². The molecule has 1 atom stereocenters. The molecule has 0 radical (unpaired) electrons. The van der Waals surface area contributed by atoms with Gasteiger partial charge in [0.15, 0.2) is 0 Å². The first-order valence-corrected chi connectivity index (χ1v) is 13.6. The van der Waals surface area contributed by atoms with Crippen molar-refractivity contribution < 1.29 is 4.79 Å². The van der Waals surface area contributed by atoms with Crippen LogP contribution in [-0.2, 0) is 0 Å². The molecule has 1 fully saturated rings. The average molecular weight is 508 g/mol. The number of nitrogens with one attached hydrogen (secondary N) is 1. The molecule has 1 N–H and O–H groups in total. The van der Waals surface area contributed by atoms with Gasteiger partial charge in [0.1, 0.15) is 5.03 Å². The summed E-state index contributed by atoms with van der Waals surface area (Å²) in [6.45, 7) is 0.698. The SMILES string of the molecule is CN(C)C(c1ccccc1)C1CCC(CCNC(=O)c2cccnc2Sc2ccc(Cl)cc2)CC1. The maximum Gasteiger partial charge on any atom is 0.254 e. The third kappa shape index (κ3) is 7.09. The fourth-order valence-corrected chi connectivity index (χ4v) is 6.18. The molecule has 4 nitrogen and oxygen atoms in total. The normalized spacial score (nSPS) is 18.9. The van der Waals surface area contributed by atoms with Crippen molar-refractivity contribution in [2.24, 2.45) is 11.8 Å². The molecule has 3 aromatic rings. The highest BCUT2D eigenvalue weighted by atomic mass is 35.5. The number of carbonyl (C=O) groups excluding carboxylic acids is 1. The van der Waals surface area contributed by atoms with Gasteiger partial charge in [-0.05, 0) is 87.2 Å². The van der Waals surface area contributed by atoms with Crippen LogP contribution in [0.3, 0.4) is 0 Å². The van der Waals surface area contributed by atoms with Crippen molar-refractivity contribution in [1.82, 2.24) is 15.2 Å². The first-order chi connectivity index (χ1) is 17.0. The lowest BCUT2D eigenvalue weighted by atomic mass is 9.75. The van der Waals surface area contributed by atoms with Crippen LogP contribution in [0.5, 0.6) is 0 Å². The second-order valence-electron chi connectivity index (χ2n) is 9.56. The zero-order valence-corrected chi connectivity index (χ0v) is 22.1. The van der Waals surface area contributed by atoms with E-state index in [1.54, 1.807) is 6.20 Å². The zero-order valence-electron chi connectivity index (χ0n) is 20.5. The van der Waals surface area contributed by atoms with E-state index in [2.05, 4.69) is 59.6 Å². The molecule has 1 aromatic heterocycles. The summed E-state index contributed by atoms with van der Waals surface area (Å²) in [5, 5.41) is 4.54. The van der Waals surface area contributed by atoms with Crippen LogP contribution in [0.1, 0.15) is 54.1 Å². The summed E-state index contributed by atoms with van der Waals surface area (Å²) in [5.41, 5.74) is 2.03. The molecule has 1 unspecified atom stereocenters. The second kappa shape index (κ2) is 12.6. The van der Waals surface area contributed by atoms with Crippen molar-refractivity contribution in [1.29, 1.82) is 0 Å². The summed E-state index contributed by atoms with van der Waals surface area (Å²) in [5.74, 6) is 1.29. The van der Waals surface area contributed by atoms with Crippen LogP contribution >= 0.6 is 23.4 Å². The van der Waals surface area contributed by atoms with Crippen molar-refractivity contribution in [3.8, 4) is 0 Å². The summed E-state index contributed by atoms with van der Waals surface area (Å²) >= 11 is 7.47. The van der Waals surface area contributed by atoms with Crippen LogP contribution in [0.15, 0.2) is 82.8 Å². The minimum absolute atomic E-state index is 0.0556. The number of nitrogens with zero attached hydrogens (tertiary/aromatic N) is 2. The quantitative estimate of drug-likeness (QED) is 0.335. The monoisotopic (exact) mass is 507 g/mol. The molecule has 1 amide bonds. The highest BCUT2D eigenvalue weighted by Crippen LogP contribution is 2.40. The third-order valence-electron chi connectivity index (χ3n) is 6.92. The van der Waals surface area contributed by atoms with E-state index < -0.39 is 0 Å². The molecule has 1 heterocycles. The number of rotatable bonds is 9. The van der Waals surface area contributed by atoms with Gasteiger partial charge in [-0.2, -0.15) is 0 Å². The summed E-state index contributed by atoms with van der Waals surface area (Å²) in [4.78, 5) is 20.8. The van der Waals surface area contributed by atoms with E-state index in [-0.39, 0.29) is 5.91 Å². The number of hydrogen-bond donors (Lipinski definition) is 1. The van der Waals surface area contributed by atoms with E-state index in [0.717, 1.165) is 11.3 Å². The Labute approximate surface area is 218 Å². The maximum atomic E-state index is 12.9. The third-order valence-corrected chi connectivity index (χ3v) is 8.20. The predicted molar refractivity (Wildman–Crippen MR) is 145 cm³/mol. The summed E-state index contributed by atoms with van der Waals surface area (Å²) in [7, 11) is 4.38. The van der Waals surface area contributed by atoms with Gasteiger partial charge >= 0.3 is 0 Å². The number of aromatic nitrogens is 1. The van der Waals surface area contributed by atoms with Gasteiger partial charge in [0.05, 0.1) is 5.56 Å². The van der Waals surface area contributed by atoms with Gasteiger partial charge in [-0.1, -0.05) is 66.5 Å². The molecular weight excluding hydrogens is 474 g/mol. The van der Waals surface area contributed by atoms with Crippen molar-refractivity contribution >= 4 is 29.3 Å². The van der Waals surface area contributed by atoms with Crippen molar-refractivity contribution in [3.05, 3.63) is 89.1 Å². The molecule has 4 rings (SSSR count). The van der Waals surface area contributed by atoms with Crippen LogP contribution in [0, 0.1) is 11.8 Å². The molecule has 35 heavy (non-hydrogen) atoms. The molecule has 184 valence electrons. The fourth-order valence-electron chi connectivity index (χ4n) is 5.18. The molecule has 0 saturated heterocycles. The molecule has 0 bridgehead atoms. The first kappa shape index (κ1) is 25.7. The van der Waals surface area contributed by atoms with E-state index >= 15 is 0 Å². The largest absolute Gasteiger partial charge is 0.352 e. The second-order valence-corrected chi connectivity index (χ2v) is 11.1. The Hall–Kier alpha value is -2.34. The highest BCUT2D eigenvalue weighted by Gasteiger charge is 2.29. The van der Waals surface area contributed by atoms with Gasteiger partial charge < -0.3 is 10.2 Å². The molecule has 1 saturated carbocycles. The van der Waals surface area contributed by atoms with E-state index in [0.29, 0.717) is 40.0 Å². The van der Waals surface area contributed by atoms with Crippen molar-refractivity contribution in [3.63, 3.8) is 0 Å². The van der Waals surface area contributed by atoms with Gasteiger partial charge in [-0.25, -0.2) is 4.98 Å². The van der Waals surface area contributed by atoms with E-state index in [4.69, 9.17) is 11.6 Å². The fraction of sp³-hybridized carbons (Fsp3) is 0.379. The Balaban J connectivity index is 1.27. The number of pyridine rings is 1. The summed E-state index contributed by atoms with van der Waals surface area (Å²) in [6, 6.07) is 22.6. The van der Waals surface area contributed by atoms with Crippen LogP contribution in [-0.4, -0.2) is 36.4 Å². The lowest BCUT2D eigenvalue weighted by Crippen LogP contribution is -2.31. The molecule has 1 aliphatic carbocycles.